The van der Waals surface area contributed by atoms with E-state index in [0.717, 1.165) is 0 Å². The van der Waals surface area contributed by atoms with Gasteiger partial charge in [0.1, 0.15) is 0 Å². The minimum Gasteiger partial charge on any atom is -1.00 e. The largest absolute Gasteiger partial charge is 4.00 e. The smallest absolute Gasteiger partial charge is 1.00 e. The second-order valence-corrected chi connectivity index (χ2v) is 12.5. The quantitative estimate of drug-likeness (QED) is 0.452. The molecule has 2 rings (SSSR count). The molecule has 25 heavy (non-hydrogen) atoms. The Bertz CT molecular complexity index is 397. The first-order chi connectivity index (χ1) is 10.9. The summed E-state index contributed by atoms with van der Waals surface area (Å²) in [4.78, 5) is 0. The third kappa shape index (κ3) is 24.1. The SMILES string of the molecule is CCCC[c-]1cccc1.CCCC[c-]1cccc1.[CH2-][Si](C)(C)C.[Cl-].[Zr+4]. The maximum absolute atomic E-state index is 3.91. The van der Waals surface area contributed by atoms with Crippen molar-refractivity contribution in [3.63, 3.8) is 0 Å². The Balaban J connectivity index is -0.000000291. The fourth-order valence-corrected chi connectivity index (χ4v) is 1.92. The first kappa shape index (κ1) is 29.8. The molecule has 0 amide bonds. The molecular weight excluding hydrogens is 419 g/mol. The van der Waals surface area contributed by atoms with Crippen LogP contribution in [0.3, 0.4) is 0 Å². The van der Waals surface area contributed by atoms with Gasteiger partial charge in [-0.25, -0.2) is 24.3 Å². The Hall–Kier alpha value is 0.0900. The molecule has 0 fully saturated rings. The Morgan fingerprint density at radius 1 is 0.720 bits per heavy atom. The zero-order chi connectivity index (χ0) is 17.6. The molecule has 0 nitrogen and oxygen atoms in total. The van der Waals surface area contributed by atoms with E-state index in [1.165, 1.54) is 49.7 Å². The third-order valence-electron chi connectivity index (χ3n) is 3.10. The molecule has 0 aliphatic heterocycles. The predicted octanol–water partition coefficient (Wildman–Crippen LogP) is 4.20. The van der Waals surface area contributed by atoms with E-state index in [1.807, 2.05) is 0 Å². The molecule has 0 radical (unpaired) electrons. The van der Waals surface area contributed by atoms with Crippen LogP contribution < -0.4 is 12.4 Å². The van der Waals surface area contributed by atoms with E-state index < -0.39 is 8.07 Å². The summed E-state index contributed by atoms with van der Waals surface area (Å²) in [6.07, 6.45) is 7.75. The van der Waals surface area contributed by atoms with Crippen molar-refractivity contribution in [2.24, 2.45) is 0 Å². The number of unbranched alkanes of at least 4 members (excludes halogenated alkanes) is 2. The van der Waals surface area contributed by atoms with Crippen LogP contribution in [0.25, 0.3) is 0 Å². The van der Waals surface area contributed by atoms with E-state index in [-0.39, 0.29) is 38.6 Å². The van der Waals surface area contributed by atoms with E-state index >= 15 is 0 Å². The average molecular weight is 456 g/mol. The standard InChI is InChI=1S/2C9H13.C4H11Si.ClH.Zr/c2*1-2-3-6-9-7-4-5-8-9;1-5(2,3)4;;/h2*4-5,7-8H,2-3,6H2,1H3;1H2,2-4H3;1H;/q3*-1;;+4/p-1. The van der Waals surface area contributed by atoms with Crippen LogP contribution in [0.4, 0.5) is 0 Å². The van der Waals surface area contributed by atoms with Crippen LogP contribution in [-0.2, 0) is 39.0 Å². The molecule has 0 unspecified atom stereocenters. The monoisotopic (exact) mass is 454 g/mol. The predicted molar refractivity (Wildman–Crippen MR) is 110 cm³/mol. The molecule has 3 heteroatoms. The summed E-state index contributed by atoms with van der Waals surface area (Å²) in [6.45, 7) is 15.0. The molecule has 0 saturated heterocycles. The number of hydrogen-bond acceptors (Lipinski definition) is 0. The van der Waals surface area contributed by atoms with Gasteiger partial charge in [-0.1, -0.05) is 72.0 Å². The molecule has 0 saturated carbocycles. The average Bonchev–Trinajstić information content (AvgIpc) is 3.15. The molecule has 0 heterocycles. The number of halogens is 1. The van der Waals surface area contributed by atoms with Crippen LogP contribution in [0.15, 0.2) is 48.5 Å². The zero-order valence-electron chi connectivity index (χ0n) is 16.9. The summed E-state index contributed by atoms with van der Waals surface area (Å²) < 4.78 is 0. The van der Waals surface area contributed by atoms with Crippen molar-refractivity contribution in [2.45, 2.75) is 72.0 Å². The van der Waals surface area contributed by atoms with Gasteiger partial charge < -0.3 is 19.0 Å². The molecule has 2 aromatic carbocycles. The van der Waals surface area contributed by atoms with Crippen molar-refractivity contribution in [1.82, 2.24) is 0 Å². The molecule has 0 atom stereocenters. The first-order valence-electron chi connectivity index (χ1n) is 9.13. The normalized spacial score (nSPS) is 9.52. The van der Waals surface area contributed by atoms with Crippen molar-refractivity contribution in [3.8, 4) is 0 Å². The van der Waals surface area contributed by atoms with Crippen molar-refractivity contribution in [2.75, 3.05) is 0 Å². The van der Waals surface area contributed by atoms with Crippen molar-refractivity contribution in [3.05, 3.63) is 66.2 Å². The van der Waals surface area contributed by atoms with Crippen LogP contribution in [0.1, 0.15) is 50.7 Å². The molecule has 0 spiro atoms. The van der Waals surface area contributed by atoms with Crippen molar-refractivity contribution < 1.29 is 38.6 Å². The second-order valence-electron chi connectivity index (χ2n) is 7.35. The van der Waals surface area contributed by atoms with Gasteiger partial charge in [-0.2, -0.15) is 35.4 Å². The Morgan fingerprint density at radius 3 is 1.16 bits per heavy atom. The van der Waals surface area contributed by atoms with E-state index in [1.54, 1.807) is 0 Å². The summed E-state index contributed by atoms with van der Waals surface area (Å²) in [7, 11) is -0.861. The summed E-state index contributed by atoms with van der Waals surface area (Å²) in [5, 5.41) is 0. The van der Waals surface area contributed by atoms with E-state index in [2.05, 4.69) is 88.6 Å². The minimum atomic E-state index is -0.861. The van der Waals surface area contributed by atoms with Crippen molar-refractivity contribution >= 4 is 8.07 Å². The Kier molecular flexibility index (Phi) is 22.5. The van der Waals surface area contributed by atoms with Crippen LogP contribution in [0.2, 0.25) is 19.6 Å². The molecule has 0 aliphatic carbocycles. The maximum atomic E-state index is 3.91. The number of rotatable bonds is 6. The summed E-state index contributed by atoms with van der Waals surface area (Å²) >= 11 is 0. The van der Waals surface area contributed by atoms with E-state index in [0.29, 0.717) is 0 Å². The molecule has 140 valence electrons. The Labute approximate surface area is 184 Å². The van der Waals surface area contributed by atoms with Crippen LogP contribution in [-0.4, -0.2) is 8.07 Å². The van der Waals surface area contributed by atoms with Gasteiger partial charge in [0.15, 0.2) is 0 Å². The van der Waals surface area contributed by atoms with Gasteiger partial charge >= 0.3 is 26.2 Å². The van der Waals surface area contributed by atoms with Gasteiger partial charge in [0.05, 0.1) is 0 Å². The van der Waals surface area contributed by atoms with Crippen LogP contribution in [0, 0.1) is 6.55 Å². The van der Waals surface area contributed by atoms with Crippen LogP contribution in [0.5, 0.6) is 0 Å². The molecule has 0 aliphatic rings. The number of hydrogen-bond donors (Lipinski definition) is 0. The first-order valence-corrected chi connectivity index (χ1v) is 12.8. The fraction of sp³-hybridized carbons (Fsp3) is 0.500. The number of aryl methyl sites for hydroxylation is 2. The molecule has 0 bridgehead atoms. The molecule has 0 aromatic heterocycles. The van der Waals surface area contributed by atoms with Gasteiger partial charge in [-0.3, -0.25) is 0 Å². The molecular formula is C22H37ClSiZr. The fourth-order valence-electron chi connectivity index (χ4n) is 1.92. The van der Waals surface area contributed by atoms with Gasteiger partial charge in [0.25, 0.3) is 0 Å². The van der Waals surface area contributed by atoms with Gasteiger partial charge in [-0.05, 0) is 0 Å². The summed E-state index contributed by atoms with van der Waals surface area (Å²) in [5.41, 5.74) is 2.97. The maximum Gasteiger partial charge on any atom is 4.00 e. The van der Waals surface area contributed by atoms with Gasteiger partial charge in [-0.15, -0.1) is 8.07 Å². The van der Waals surface area contributed by atoms with E-state index in [9.17, 15) is 0 Å². The van der Waals surface area contributed by atoms with Crippen LogP contribution >= 0.6 is 0 Å². The van der Waals surface area contributed by atoms with E-state index in [4.69, 9.17) is 0 Å². The zero-order valence-corrected chi connectivity index (χ0v) is 21.2. The summed E-state index contributed by atoms with van der Waals surface area (Å²) in [6, 6.07) is 17.2. The molecule has 0 N–H and O–H groups in total. The minimum absolute atomic E-state index is 0. The van der Waals surface area contributed by atoms with Crippen molar-refractivity contribution in [1.29, 1.82) is 0 Å². The topological polar surface area (TPSA) is 0 Å². The van der Waals surface area contributed by atoms with Gasteiger partial charge in [0.2, 0.25) is 0 Å². The summed E-state index contributed by atoms with van der Waals surface area (Å²) in [5.74, 6) is 0. The third-order valence-corrected chi connectivity index (χ3v) is 3.10. The Morgan fingerprint density at radius 2 is 0.960 bits per heavy atom. The second kappa shape index (κ2) is 18.9. The van der Waals surface area contributed by atoms with Gasteiger partial charge in [0, 0.05) is 0 Å². The molecule has 2 aromatic rings.